The lowest BCUT2D eigenvalue weighted by Gasteiger charge is -2.38. The lowest BCUT2D eigenvalue weighted by Crippen LogP contribution is -2.48. The molecule has 2 N–H and O–H groups in total. The summed E-state index contributed by atoms with van der Waals surface area (Å²) < 4.78 is 18.9. The zero-order chi connectivity index (χ0) is 14.0. The molecule has 0 aromatic heterocycles. The van der Waals surface area contributed by atoms with E-state index in [4.69, 9.17) is 4.74 Å². The summed E-state index contributed by atoms with van der Waals surface area (Å²) in [5.74, 6) is -0.361. The molecule has 5 heteroatoms. The van der Waals surface area contributed by atoms with Gasteiger partial charge in [-0.25, -0.2) is 4.39 Å². The summed E-state index contributed by atoms with van der Waals surface area (Å²) in [7, 11) is 0. The maximum atomic E-state index is 13.3. The molecule has 0 saturated carbocycles. The smallest absolute Gasteiger partial charge is 0.123 e. The quantitative estimate of drug-likeness (QED) is 0.872. The molecule has 4 nitrogen and oxygen atoms in total. The standard InChI is InChI=1S/C14H20FNO3/c1-9-6-16(7-12(8-17)19-9)14-4-3-11(15)5-13(14)10(2)18/h3-5,9-10,12,17-18H,6-8H2,1-2H3/t9?,10-,12?/m1/s1. The van der Waals surface area contributed by atoms with E-state index in [1.165, 1.54) is 12.1 Å². The molecule has 0 aliphatic carbocycles. The number of aliphatic hydroxyl groups excluding tert-OH is 2. The molecule has 1 fully saturated rings. The number of anilines is 1. The first-order chi connectivity index (χ1) is 9.01. The molecule has 0 spiro atoms. The summed E-state index contributed by atoms with van der Waals surface area (Å²) in [4.78, 5) is 2.02. The molecule has 1 heterocycles. The Morgan fingerprint density at radius 1 is 1.47 bits per heavy atom. The maximum absolute atomic E-state index is 13.3. The number of aliphatic hydroxyl groups is 2. The van der Waals surface area contributed by atoms with Crippen molar-refractivity contribution < 1.29 is 19.3 Å². The van der Waals surface area contributed by atoms with Gasteiger partial charge in [-0.15, -0.1) is 0 Å². The minimum Gasteiger partial charge on any atom is -0.394 e. The predicted molar refractivity (Wildman–Crippen MR) is 70.7 cm³/mol. The Balaban J connectivity index is 2.30. The third kappa shape index (κ3) is 3.23. The number of hydrogen-bond donors (Lipinski definition) is 2. The molecule has 2 unspecified atom stereocenters. The largest absolute Gasteiger partial charge is 0.394 e. The van der Waals surface area contributed by atoms with Crippen LogP contribution in [-0.2, 0) is 4.74 Å². The zero-order valence-electron chi connectivity index (χ0n) is 11.2. The Bertz CT molecular complexity index is 439. The van der Waals surface area contributed by atoms with Crippen LogP contribution in [0.15, 0.2) is 18.2 Å². The number of benzene rings is 1. The van der Waals surface area contributed by atoms with Gasteiger partial charge in [-0.05, 0) is 32.0 Å². The Morgan fingerprint density at radius 3 is 2.84 bits per heavy atom. The third-order valence-electron chi connectivity index (χ3n) is 3.31. The molecule has 2 rings (SSSR count). The second-order valence-electron chi connectivity index (χ2n) is 5.04. The van der Waals surface area contributed by atoms with Crippen molar-refractivity contribution >= 4 is 5.69 Å². The van der Waals surface area contributed by atoms with Gasteiger partial charge < -0.3 is 19.8 Å². The first kappa shape index (κ1) is 14.2. The molecule has 0 radical (unpaired) electrons. The van der Waals surface area contributed by atoms with Gasteiger partial charge in [0.2, 0.25) is 0 Å². The molecule has 0 bridgehead atoms. The van der Waals surface area contributed by atoms with Crippen molar-refractivity contribution in [3.63, 3.8) is 0 Å². The Hall–Kier alpha value is -1.17. The number of rotatable bonds is 3. The lowest BCUT2D eigenvalue weighted by molar-refractivity contribution is -0.0422. The molecular weight excluding hydrogens is 249 g/mol. The van der Waals surface area contributed by atoms with Crippen LogP contribution in [0.4, 0.5) is 10.1 Å². The number of halogens is 1. The van der Waals surface area contributed by atoms with Gasteiger partial charge in [-0.1, -0.05) is 0 Å². The van der Waals surface area contributed by atoms with E-state index in [9.17, 15) is 14.6 Å². The summed E-state index contributed by atoms with van der Waals surface area (Å²) in [5.41, 5.74) is 1.36. The van der Waals surface area contributed by atoms with Crippen LogP contribution in [0.2, 0.25) is 0 Å². The number of nitrogens with zero attached hydrogens (tertiary/aromatic N) is 1. The molecule has 1 aromatic carbocycles. The lowest BCUT2D eigenvalue weighted by atomic mass is 10.1. The highest BCUT2D eigenvalue weighted by Crippen LogP contribution is 2.29. The molecule has 1 aliphatic heterocycles. The third-order valence-corrected chi connectivity index (χ3v) is 3.31. The van der Waals surface area contributed by atoms with Gasteiger partial charge in [-0.3, -0.25) is 0 Å². The summed E-state index contributed by atoms with van der Waals surface area (Å²) in [6.07, 6.45) is -1.01. The van der Waals surface area contributed by atoms with Crippen LogP contribution in [0.3, 0.4) is 0 Å². The number of morpholine rings is 1. The fourth-order valence-electron chi connectivity index (χ4n) is 2.49. The van der Waals surface area contributed by atoms with Gasteiger partial charge in [0, 0.05) is 24.3 Å². The Kier molecular flexibility index (Phi) is 4.39. The molecule has 0 amide bonds. The minimum atomic E-state index is -0.739. The fraction of sp³-hybridized carbons (Fsp3) is 0.571. The highest BCUT2D eigenvalue weighted by molar-refractivity contribution is 5.55. The van der Waals surface area contributed by atoms with E-state index in [-0.39, 0.29) is 24.6 Å². The van der Waals surface area contributed by atoms with Crippen LogP contribution in [0.1, 0.15) is 25.5 Å². The van der Waals surface area contributed by atoms with Gasteiger partial charge in [0.15, 0.2) is 0 Å². The highest BCUT2D eigenvalue weighted by atomic mass is 19.1. The summed E-state index contributed by atoms with van der Waals surface area (Å²) in [5, 5.41) is 19.0. The average molecular weight is 269 g/mol. The van der Waals surface area contributed by atoms with Crippen LogP contribution in [-0.4, -0.2) is 42.1 Å². The molecule has 1 saturated heterocycles. The van der Waals surface area contributed by atoms with Gasteiger partial charge in [-0.2, -0.15) is 0 Å². The van der Waals surface area contributed by atoms with E-state index in [2.05, 4.69) is 0 Å². The van der Waals surface area contributed by atoms with Crippen LogP contribution < -0.4 is 4.90 Å². The minimum absolute atomic E-state index is 0.0159. The van der Waals surface area contributed by atoms with Crippen molar-refractivity contribution in [3.05, 3.63) is 29.6 Å². The van der Waals surface area contributed by atoms with E-state index in [0.29, 0.717) is 18.7 Å². The predicted octanol–water partition coefficient (Wildman–Crippen LogP) is 1.46. The zero-order valence-corrected chi connectivity index (χ0v) is 11.2. The number of ether oxygens (including phenoxy) is 1. The highest BCUT2D eigenvalue weighted by Gasteiger charge is 2.26. The van der Waals surface area contributed by atoms with Gasteiger partial charge in [0.05, 0.1) is 24.9 Å². The normalized spacial score (nSPS) is 25.4. The summed E-state index contributed by atoms with van der Waals surface area (Å²) >= 11 is 0. The monoisotopic (exact) mass is 269 g/mol. The molecule has 1 aromatic rings. The van der Waals surface area contributed by atoms with Crippen molar-refractivity contribution in [1.82, 2.24) is 0 Å². The molecule has 106 valence electrons. The van der Waals surface area contributed by atoms with E-state index < -0.39 is 6.10 Å². The Labute approximate surface area is 112 Å². The van der Waals surface area contributed by atoms with Crippen molar-refractivity contribution in [2.45, 2.75) is 32.2 Å². The Morgan fingerprint density at radius 2 is 2.21 bits per heavy atom. The van der Waals surface area contributed by atoms with Crippen LogP contribution >= 0.6 is 0 Å². The van der Waals surface area contributed by atoms with Crippen molar-refractivity contribution in [2.24, 2.45) is 0 Å². The summed E-state index contributed by atoms with van der Waals surface area (Å²) in [6.45, 7) is 4.69. The van der Waals surface area contributed by atoms with E-state index in [1.807, 2.05) is 11.8 Å². The van der Waals surface area contributed by atoms with E-state index >= 15 is 0 Å². The second kappa shape index (κ2) is 5.86. The summed E-state index contributed by atoms with van der Waals surface area (Å²) in [6, 6.07) is 4.41. The molecule has 1 aliphatic rings. The average Bonchev–Trinajstić information content (AvgIpc) is 2.37. The van der Waals surface area contributed by atoms with Crippen LogP contribution in [0.25, 0.3) is 0 Å². The number of hydrogen-bond acceptors (Lipinski definition) is 4. The second-order valence-corrected chi connectivity index (χ2v) is 5.04. The van der Waals surface area contributed by atoms with Gasteiger partial charge in [0.1, 0.15) is 5.82 Å². The first-order valence-corrected chi connectivity index (χ1v) is 6.50. The first-order valence-electron chi connectivity index (χ1n) is 6.50. The fourth-order valence-corrected chi connectivity index (χ4v) is 2.49. The van der Waals surface area contributed by atoms with E-state index in [0.717, 1.165) is 5.69 Å². The molecule has 3 atom stereocenters. The van der Waals surface area contributed by atoms with Crippen molar-refractivity contribution in [2.75, 3.05) is 24.6 Å². The van der Waals surface area contributed by atoms with Crippen LogP contribution in [0.5, 0.6) is 0 Å². The van der Waals surface area contributed by atoms with Gasteiger partial charge >= 0.3 is 0 Å². The van der Waals surface area contributed by atoms with Crippen LogP contribution in [0, 0.1) is 5.82 Å². The molecule has 19 heavy (non-hydrogen) atoms. The SMILES string of the molecule is CC1CN(c2ccc(F)cc2[C@@H](C)O)CC(CO)O1. The maximum Gasteiger partial charge on any atom is 0.123 e. The van der Waals surface area contributed by atoms with Crippen molar-refractivity contribution in [1.29, 1.82) is 0 Å². The van der Waals surface area contributed by atoms with E-state index in [1.54, 1.807) is 13.0 Å². The topological polar surface area (TPSA) is 52.9 Å². The van der Waals surface area contributed by atoms with Crippen molar-refractivity contribution in [3.8, 4) is 0 Å². The molecular formula is C14H20FNO3. The van der Waals surface area contributed by atoms with Gasteiger partial charge in [0.25, 0.3) is 0 Å².